The molecule has 11 heteroatoms. The molecule has 2 aliphatic heterocycles. The van der Waals surface area contributed by atoms with Crippen LogP contribution in [0.2, 0.25) is 5.02 Å². The molecule has 7 heterocycles. The first-order chi connectivity index (χ1) is 20.9. The molecule has 2 atom stereocenters. The van der Waals surface area contributed by atoms with Crippen molar-refractivity contribution in [3.63, 3.8) is 0 Å². The number of nitriles is 1. The lowest BCUT2D eigenvalue weighted by molar-refractivity contribution is 0.0357. The molecule has 0 aromatic carbocycles. The van der Waals surface area contributed by atoms with Crippen molar-refractivity contribution in [3.8, 4) is 28.3 Å². The smallest absolute Gasteiger partial charge is 0.271 e. The molecule has 1 amide bonds. The molecular formula is C32H28ClN9O. The first-order valence-corrected chi connectivity index (χ1v) is 14.9. The lowest BCUT2D eigenvalue weighted by atomic mass is 9.59. The fourth-order valence-electron chi connectivity index (χ4n) is 7.86. The summed E-state index contributed by atoms with van der Waals surface area (Å²) in [5.41, 5.74) is 5.03. The Morgan fingerprint density at radius 3 is 2.56 bits per heavy atom. The summed E-state index contributed by atoms with van der Waals surface area (Å²) in [4.78, 5) is 24.9. The van der Waals surface area contributed by atoms with Crippen LogP contribution in [0.15, 0.2) is 67.5 Å². The molecule has 0 spiro atoms. The van der Waals surface area contributed by atoms with Gasteiger partial charge >= 0.3 is 0 Å². The highest BCUT2D eigenvalue weighted by Gasteiger charge is 2.55. The Balaban J connectivity index is 1.09. The number of amides is 1. The van der Waals surface area contributed by atoms with Crippen molar-refractivity contribution in [1.82, 2.24) is 34.7 Å². The maximum absolute atomic E-state index is 13.2. The van der Waals surface area contributed by atoms with E-state index >= 15 is 0 Å². The lowest BCUT2D eigenvalue weighted by Gasteiger charge is -2.62. The second kappa shape index (κ2) is 9.64. The van der Waals surface area contributed by atoms with E-state index in [1.807, 2.05) is 31.8 Å². The van der Waals surface area contributed by atoms with Gasteiger partial charge in [-0.25, -0.2) is 14.5 Å². The van der Waals surface area contributed by atoms with Crippen LogP contribution in [0.1, 0.15) is 48.2 Å². The fourth-order valence-corrected chi connectivity index (χ4v) is 8.06. The van der Waals surface area contributed by atoms with Crippen LogP contribution in [0.4, 0.5) is 5.82 Å². The van der Waals surface area contributed by atoms with E-state index in [1.165, 1.54) is 0 Å². The third kappa shape index (κ3) is 4.26. The number of carbonyl (C=O) groups excluding carboxylic acids is 1. The van der Waals surface area contributed by atoms with Gasteiger partial charge in [-0.05, 0) is 68.4 Å². The Hall–Kier alpha value is -4.75. The van der Waals surface area contributed by atoms with Gasteiger partial charge in [0.15, 0.2) is 0 Å². The van der Waals surface area contributed by atoms with E-state index in [4.69, 9.17) is 16.6 Å². The summed E-state index contributed by atoms with van der Waals surface area (Å²) < 4.78 is 3.53. The molecule has 43 heavy (non-hydrogen) atoms. The standard InChI is InChI=1S/C32H28ClN9O/c1-40-17-23(16-37-40)21-9-26(30-22(13-34)15-38-41(30)18-21)20-4-5-28(36-14-20)42-24-7-19-8-25(42)12-32(10-19,11-24)39-31(43)29-27(33)3-2-6-35-29/h2-6,9,14-19,24-25H,7-8,10-12H2,1H3,(H,39,43). The summed E-state index contributed by atoms with van der Waals surface area (Å²) in [5.74, 6) is 1.32. The molecule has 2 saturated heterocycles. The molecule has 4 aliphatic rings. The molecule has 10 nitrogen and oxygen atoms in total. The Kier molecular flexibility index (Phi) is 5.81. The van der Waals surface area contributed by atoms with Crippen LogP contribution in [0.3, 0.4) is 0 Å². The average Bonchev–Trinajstić information content (AvgIpc) is 3.62. The summed E-state index contributed by atoms with van der Waals surface area (Å²) in [6.07, 6.45) is 15.7. The van der Waals surface area contributed by atoms with Crippen LogP contribution in [0.5, 0.6) is 0 Å². The minimum Gasteiger partial charge on any atom is -0.350 e. The summed E-state index contributed by atoms with van der Waals surface area (Å²) in [6, 6.07) is 12.6. The number of fused-ring (bicyclic) bond motifs is 1. The Morgan fingerprint density at radius 1 is 1.02 bits per heavy atom. The SMILES string of the molecule is Cn1cc(-c2cc(-c3ccc(N4C5CC6CC4CC(NC(=O)c4ncccc4Cl)(C6)C5)nc3)c3c(C#N)cnn3c2)cn1. The predicted molar refractivity (Wildman–Crippen MR) is 161 cm³/mol. The molecule has 1 N–H and O–H groups in total. The maximum atomic E-state index is 13.2. The highest BCUT2D eigenvalue weighted by molar-refractivity contribution is 6.33. The third-order valence-corrected chi connectivity index (χ3v) is 9.68. The van der Waals surface area contributed by atoms with Crippen molar-refractivity contribution in [2.24, 2.45) is 13.0 Å². The minimum atomic E-state index is -0.251. The van der Waals surface area contributed by atoms with Crippen LogP contribution >= 0.6 is 11.6 Å². The van der Waals surface area contributed by atoms with Crippen molar-refractivity contribution in [1.29, 1.82) is 5.26 Å². The van der Waals surface area contributed by atoms with Gasteiger partial charge in [-0.1, -0.05) is 11.6 Å². The number of nitrogens with one attached hydrogen (secondary N) is 1. The van der Waals surface area contributed by atoms with Gasteiger partial charge < -0.3 is 10.2 Å². The van der Waals surface area contributed by atoms with Gasteiger partial charge in [0, 0.05) is 71.7 Å². The van der Waals surface area contributed by atoms with Gasteiger partial charge in [-0.2, -0.15) is 15.5 Å². The van der Waals surface area contributed by atoms with E-state index in [9.17, 15) is 10.1 Å². The van der Waals surface area contributed by atoms with Crippen LogP contribution in [0.25, 0.3) is 27.8 Å². The molecular weight excluding hydrogens is 562 g/mol. The number of rotatable bonds is 5. The zero-order valence-corrected chi connectivity index (χ0v) is 24.2. The Morgan fingerprint density at radius 2 is 1.86 bits per heavy atom. The number of hydrogen-bond donors (Lipinski definition) is 1. The normalized spacial score (nSPS) is 23.9. The van der Waals surface area contributed by atoms with Crippen LogP contribution in [0, 0.1) is 17.2 Å². The number of hydrogen-bond acceptors (Lipinski definition) is 7. The molecule has 2 aliphatic carbocycles. The summed E-state index contributed by atoms with van der Waals surface area (Å²) >= 11 is 6.28. The molecule has 9 rings (SSSR count). The number of aryl methyl sites for hydroxylation is 1. The van der Waals surface area contributed by atoms with E-state index in [-0.39, 0.29) is 17.1 Å². The van der Waals surface area contributed by atoms with Gasteiger partial charge in [0.05, 0.1) is 28.5 Å². The predicted octanol–water partition coefficient (Wildman–Crippen LogP) is 5.04. The number of anilines is 1. The topological polar surface area (TPSA) is 117 Å². The van der Waals surface area contributed by atoms with Gasteiger partial charge in [-0.3, -0.25) is 9.48 Å². The molecule has 4 fully saturated rings. The number of aromatic nitrogens is 6. The largest absolute Gasteiger partial charge is 0.350 e. The Labute approximate surface area is 252 Å². The van der Waals surface area contributed by atoms with E-state index in [0.29, 0.717) is 28.6 Å². The highest BCUT2D eigenvalue weighted by Crippen LogP contribution is 2.52. The van der Waals surface area contributed by atoms with Crippen LogP contribution in [-0.4, -0.2) is 52.9 Å². The number of nitrogens with zero attached hydrogens (tertiary/aromatic N) is 8. The van der Waals surface area contributed by atoms with Crippen molar-refractivity contribution in [2.45, 2.75) is 49.7 Å². The second-order valence-electron chi connectivity index (χ2n) is 12.1. The zero-order valence-electron chi connectivity index (χ0n) is 23.5. The van der Waals surface area contributed by atoms with Gasteiger partial charge in [0.2, 0.25) is 0 Å². The average molecular weight is 590 g/mol. The summed E-state index contributed by atoms with van der Waals surface area (Å²) in [6.45, 7) is 0. The first kappa shape index (κ1) is 25.9. The molecule has 2 unspecified atom stereocenters. The minimum absolute atomic E-state index is 0.196. The van der Waals surface area contributed by atoms with Gasteiger partial charge in [0.25, 0.3) is 5.91 Å². The Bertz CT molecular complexity index is 1920. The van der Waals surface area contributed by atoms with E-state index in [2.05, 4.69) is 49.7 Å². The van der Waals surface area contributed by atoms with E-state index < -0.39 is 0 Å². The molecule has 2 saturated carbocycles. The highest BCUT2D eigenvalue weighted by atomic mass is 35.5. The monoisotopic (exact) mass is 589 g/mol. The molecule has 5 aromatic heterocycles. The quantitative estimate of drug-likeness (QED) is 0.305. The molecule has 4 bridgehead atoms. The van der Waals surface area contributed by atoms with Crippen molar-refractivity contribution >= 4 is 28.8 Å². The van der Waals surface area contributed by atoms with E-state index in [0.717, 1.165) is 65.7 Å². The second-order valence-corrected chi connectivity index (χ2v) is 12.6. The first-order valence-electron chi connectivity index (χ1n) is 14.5. The number of halogens is 1. The fraction of sp³-hybridized carbons (Fsp3) is 0.312. The zero-order chi connectivity index (χ0) is 29.3. The summed E-state index contributed by atoms with van der Waals surface area (Å²) in [5, 5.41) is 22.3. The summed E-state index contributed by atoms with van der Waals surface area (Å²) in [7, 11) is 1.89. The number of pyridine rings is 3. The van der Waals surface area contributed by atoms with Crippen LogP contribution in [-0.2, 0) is 7.05 Å². The van der Waals surface area contributed by atoms with Crippen molar-refractivity contribution < 1.29 is 4.79 Å². The van der Waals surface area contributed by atoms with Crippen LogP contribution < -0.4 is 10.2 Å². The van der Waals surface area contributed by atoms with Crippen molar-refractivity contribution in [3.05, 3.63) is 83.8 Å². The van der Waals surface area contributed by atoms with E-state index in [1.54, 1.807) is 33.7 Å². The number of piperidine rings is 2. The molecule has 0 radical (unpaired) electrons. The molecule has 214 valence electrons. The van der Waals surface area contributed by atoms with Gasteiger partial charge in [-0.15, -0.1) is 0 Å². The third-order valence-electron chi connectivity index (χ3n) is 9.38. The van der Waals surface area contributed by atoms with Gasteiger partial charge in [0.1, 0.15) is 17.6 Å². The maximum Gasteiger partial charge on any atom is 0.271 e. The van der Waals surface area contributed by atoms with Crippen molar-refractivity contribution in [2.75, 3.05) is 4.90 Å². The lowest BCUT2D eigenvalue weighted by Crippen LogP contribution is -2.69. The number of carbonyl (C=O) groups is 1. The molecule has 5 aromatic rings.